The third-order valence-corrected chi connectivity index (χ3v) is 5.05. The van der Waals surface area contributed by atoms with Crippen LogP contribution in [0.3, 0.4) is 0 Å². The van der Waals surface area contributed by atoms with Crippen molar-refractivity contribution in [3.63, 3.8) is 0 Å². The van der Waals surface area contributed by atoms with Crippen LogP contribution in [0, 0.1) is 0 Å². The van der Waals surface area contributed by atoms with E-state index in [1.165, 1.54) is 11.8 Å². The fraction of sp³-hybridized carbons (Fsp3) is 0.375. The maximum atomic E-state index is 12.8. The van der Waals surface area contributed by atoms with Crippen molar-refractivity contribution in [1.82, 2.24) is 10.0 Å². The van der Waals surface area contributed by atoms with E-state index in [1.807, 2.05) is 23.2 Å². The molecule has 0 aromatic heterocycles. The van der Waals surface area contributed by atoms with Crippen molar-refractivity contribution in [1.29, 1.82) is 0 Å². The molecule has 0 radical (unpaired) electrons. The van der Waals surface area contributed by atoms with E-state index in [1.54, 1.807) is 25.3 Å². The normalized spacial score (nSPS) is 20.8. The molecule has 6 nitrogen and oxygen atoms in total. The summed E-state index contributed by atoms with van der Waals surface area (Å²) < 4.78 is 16.5. The molecular formula is C16H18N2O4S2. The van der Waals surface area contributed by atoms with Gasteiger partial charge in [-0.2, -0.15) is 0 Å². The summed E-state index contributed by atoms with van der Waals surface area (Å²) in [7, 11) is 3.20. The summed E-state index contributed by atoms with van der Waals surface area (Å²) >= 11 is 6.68. The zero-order chi connectivity index (χ0) is 17.1. The minimum Gasteiger partial charge on any atom is -0.497 e. The van der Waals surface area contributed by atoms with Crippen LogP contribution >= 0.6 is 24.0 Å². The zero-order valence-electron chi connectivity index (χ0n) is 13.5. The molecule has 2 saturated heterocycles. The second kappa shape index (κ2) is 7.52. The van der Waals surface area contributed by atoms with Crippen LogP contribution in [0.5, 0.6) is 11.5 Å². The Labute approximate surface area is 150 Å². The molecule has 2 fully saturated rings. The molecule has 0 saturated carbocycles. The lowest BCUT2D eigenvalue weighted by molar-refractivity contribution is -0.138. The van der Waals surface area contributed by atoms with Gasteiger partial charge in [-0.05, 0) is 24.3 Å². The fourth-order valence-corrected chi connectivity index (χ4v) is 3.85. The van der Waals surface area contributed by atoms with E-state index in [0.717, 1.165) is 5.56 Å². The highest BCUT2D eigenvalue weighted by molar-refractivity contribution is 8.26. The lowest BCUT2D eigenvalue weighted by Crippen LogP contribution is -2.50. The molecular weight excluding hydrogens is 348 g/mol. The van der Waals surface area contributed by atoms with Gasteiger partial charge < -0.3 is 14.2 Å². The van der Waals surface area contributed by atoms with Gasteiger partial charge in [-0.3, -0.25) is 4.79 Å². The van der Waals surface area contributed by atoms with E-state index in [2.05, 4.69) is 0 Å². The molecule has 128 valence electrons. The SMILES string of the molecule is COc1ccc(OC)c(/C=C2/SC(=S)N(N3CCOCC3)C2=O)c1. The van der Waals surface area contributed by atoms with E-state index in [-0.39, 0.29) is 5.91 Å². The number of amides is 1. The molecule has 3 rings (SSSR count). The Kier molecular flexibility index (Phi) is 5.40. The largest absolute Gasteiger partial charge is 0.497 e. The minimum absolute atomic E-state index is 0.114. The smallest absolute Gasteiger partial charge is 0.280 e. The van der Waals surface area contributed by atoms with E-state index in [4.69, 9.17) is 26.4 Å². The van der Waals surface area contributed by atoms with Crippen molar-refractivity contribution in [2.75, 3.05) is 40.5 Å². The van der Waals surface area contributed by atoms with E-state index < -0.39 is 0 Å². The Balaban J connectivity index is 1.88. The Hall–Kier alpha value is -1.61. The molecule has 1 aromatic rings. The number of carbonyl (C=O) groups excluding carboxylic acids is 1. The van der Waals surface area contributed by atoms with E-state index in [9.17, 15) is 4.79 Å². The summed E-state index contributed by atoms with van der Waals surface area (Å²) in [6.45, 7) is 2.50. The highest BCUT2D eigenvalue weighted by Crippen LogP contribution is 2.36. The lowest BCUT2D eigenvalue weighted by atomic mass is 10.1. The third kappa shape index (κ3) is 3.41. The number of rotatable bonds is 4. The highest BCUT2D eigenvalue weighted by atomic mass is 32.2. The van der Waals surface area contributed by atoms with Crippen molar-refractivity contribution >= 4 is 40.3 Å². The molecule has 0 N–H and O–H groups in total. The van der Waals surface area contributed by atoms with Crippen LogP contribution in [-0.2, 0) is 9.53 Å². The van der Waals surface area contributed by atoms with Crippen LogP contribution < -0.4 is 9.47 Å². The van der Waals surface area contributed by atoms with Gasteiger partial charge in [-0.1, -0.05) is 24.0 Å². The summed E-state index contributed by atoms with van der Waals surface area (Å²) in [5, 5.41) is 3.51. The predicted octanol–water partition coefficient (Wildman–Crippen LogP) is 2.15. The first-order chi connectivity index (χ1) is 11.6. The average molecular weight is 366 g/mol. The number of nitrogens with zero attached hydrogens (tertiary/aromatic N) is 2. The van der Waals surface area contributed by atoms with Gasteiger partial charge in [-0.25, -0.2) is 10.0 Å². The number of hydrogen-bond donors (Lipinski definition) is 0. The second-order valence-corrected chi connectivity index (χ2v) is 6.84. The van der Waals surface area contributed by atoms with Gasteiger partial charge in [0.05, 0.1) is 32.3 Å². The first kappa shape index (κ1) is 17.2. The van der Waals surface area contributed by atoms with Crippen molar-refractivity contribution in [2.45, 2.75) is 0 Å². The molecule has 0 bridgehead atoms. The first-order valence-electron chi connectivity index (χ1n) is 7.46. The molecule has 8 heteroatoms. The topological polar surface area (TPSA) is 51.2 Å². The van der Waals surface area contributed by atoms with Crippen molar-refractivity contribution < 1.29 is 19.0 Å². The highest BCUT2D eigenvalue weighted by Gasteiger charge is 2.37. The molecule has 1 aromatic carbocycles. The lowest BCUT2D eigenvalue weighted by Gasteiger charge is -2.33. The number of thioether (sulfide) groups is 1. The Morgan fingerprint density at radius 3 is 2.67 bits per heavy atom. The number of hydrogen-bond acceptors (Lipinski definition) is 7. The zero-order valence-corrected chi connectivity index (χ0v) is 15.1. The monoisotopic (exact) mass is 366 g/mol. The molecule has 1 amide bonds. The predicted molar refractivity (Wildman–Crippen MR) is 97.0 cm³/mol. The summed E-state index contributed by atoms with van der Waals surface area (Å²) in [6, 6.07) is 5.46. The van der Waals surface area contributed by atoms with Gasteiger partial charge in [0.25, 0.3) is 5.91 Å². The maximum absolute atomic E-state index is 12.8. The van der Waals surface area contributed by atoms with Crippen LogP contribution in [0.15, 0.2) is 23.1 Å². The first-order valence-corrected chi connectivity index (χ1v) is 8.69. The molecule has 2 aliphatic heterocycles. The number of carbonyl (C=O) groups is 1. The fourth-order valence-electron chi connectivity index (χ4n) is 2.55. The summed E-state index contributed by atoms with van der Waals surface area (Å²) in [5.74, 6) is 1.26. The third-order valence-electron chi connectivity index (χ3n) is 3.77. The number of morpholine rings is 1. The van der Waals surface area contributed by atoms with Gasteiger partial charge in [-0.15, -0.1) is 0 Å². The Morgan fingerprint density at radius 2 is 2.00 bits per heavy atom. The van der Waals surface area contributed by atoms with Crippen LogP contribution in [0.4, 0.5) is 0 Å². The number of thiocarbonyl (C=S) groups is 1. The summed E-state index contributed by atoms with van der Waals surface area (Å²) in [5.41, 5.74) is 0.777. The van der Waals surface area contributed by atoms with Crippen molar-refractivity contribution in [3.8, 4) is 11.5 Å². The van der Waals surface area contributed by atoms with Gasteiger partial charge >= 0.3 is 0 Å². The van der Waals surface area contributed by atoms with Crippen molar-refractivity contribution in [3.05, 3.63) is 28.7 Å². The van der Waals surface area contributed by atoms with E-state index in [0.29, 0.717) is 47.0 Å². The van der Waals surface area contributed by atoms with Crippen LogP contribution in [0.1, 0.15) is 5.56 Å². The van der Waals surface area contributed by atoms with E-state index >= 15 is 0 Å². The standard InChI is InChI=1S/C16H18N2O4S2/c1-20-12-3-4-13(21-2)11(9-12)10-14-15(19)18(16(23)24-14)17-5-7-22-8-6-17/h3-4,9-10H,5-8H2,1-2H3/b14-10+. The van der Waals surface area contributed by atoms with Gasteiger partial charge in [0.1, 0.15) is 11.5 Å². The number of ether oxygens (including phenoxy) is 3. The summed E-state index contributed by atoms with van der Waals surface area (Å²) in [4.78, 5) is 13.3. The van der Waals surface area contributed by atoms with Crippen LogP contribution in [0.25, 0.3) is 6.08 Å². The molecule has 0 atom stereocenters. The van der Waals surface area contributed by atoms with Gasteiger partial charge in [0, 0.05) is 18.7 Å². The van der Waals surface area contributed by atoms with Crippen molar-refractivity contribution in [2.24, 2.45) is 0 Å². The molecule has 0 unspecified atom stereocenters. The molecule has 24 heavy (non-hydrogen) atoms. The molecule has 2 aliphatic rings. The molecule has 2 heterocycles. The van der Waals surface area contributed by atoms with Gasteiger partial charge in [0.2, 0.25) is 0 Å². The maximum Gasteiger partial charge on any atom is 0.280 e. The van der Waals surface area contributed by atoms with Crippen LogP contribution in [-0.4, -0.2) is 60.8 Å². The number of hydrazine groups is 1. The summed E-state index contributed by atoms with van der Waals surface area (Å²) in [6.07, 6.45) is 1.79. The van der Waals surface area contributed by atoms with Gasteiger partial charge in [0.15, 0.2) is 4.32 Å². The number of methoxy groups -OCH3 is 2. The minimum atomic E-state index is -0.114. The number of benzene rings is 1. The second-order valence-electron chi connectivity index (χ2n) is 5.17. The van der Waals surface area contributed by atoms with Crippen LogP contribution in [0.2, 0.25) is 0 Å². The Bertz CT molecular complexity index is 687. The Morgan fingerprint density at radius 1 is 1.25 bits per heavy atom. The molecule has 0 aliphatic carbocycles. The quantitative estimate of drug-likeness (QED) is 0.598. The average Bonchev–Trinajstić information content (AvgIpc) is 2.89. The molecule has 0 spiro atoms.